The summed E-state index contributed by atoms with van der Waals surface area (Å²) in [5, 5.41) is 12.0. The fourth-order valence-electron chi connectivity index (χ4n) is 1.87. The maximum atomic E-state index is 11.1. The third-order valence-electron chi connectivity index (χ3n) is 2.63. The number of nitrogens with one attached hydrogen (secondary N) is 1. The van der Waals surface area contributed by atoms with E-state index in [-0.39, 0.29) is 30.2 Å². The molecule has 1 amide bonds. The molecule has 2 atom stereocenters. The van der Waals surface area contributed by atoms with Gasteiger partial charge in [-0.3, -0.25) is 4.79 Å². The molecule has 2 N–H and O–H groups in total. The van der Waals surface area contributed by atoms with Crippen LogP contribution in [0, 0.1) is 5.92 Å². The van der Waals surface area contributed by atoms with Gasteiger partial charge in [0, 0.05) is 18.6 Å². The second-order valence-electron chi connectivity index (χ2n) is 3.56. The van der Waals surface area contributed by atoms with Crippen LogP contribution in [-0.4, -0.2) is 29.4 Å². The van der Waals surface area contributed by atoms with Crippen molar-refractivity contribution in [2.24, 2.45) is 5.92 Å². The van der Waals surface area contributed by atoms with Gasteiger partial charge in [0.2, 0.25) is 5.91 Å². The van der Waals surface area contributed by atoms with Gasteiger partial charge in [-0.05, 0) is 12.8 Å². The average molecular weight is 203 g/mol. The molecule has 0 saturated heterocycles. The normalized spacial score (nSPS) is 28.5. The van der Waals surface area contributed by atoms with Crippen LogP contribution in [0.1, 0.15) is 25.7 Å². The number of carbonyl (C=O) groups is 1. The number of thiol groups is 1. The van der Waals surface area contributed by atoms with Crippen LogP contribution in [-0.2, 0) is 4.79 Å². The Morgan fingerprint density at radius 1 is 1.46 bits per heavy atom. The van der Waals surface area contributed by atoms with Gasteiger partial charge in [-0.15, -0.1) is 0 Å². The van der Waals surface area contributed by atoms with E-state index in [2.05, 4.69) is 17.9 Å². The first-order valence-electron chi connectivity index (χ1n) is 4.79. The summed E-state index contributed by atoms with van der Waals surface area (Å²) in [4.78, 5) is 11.1. The minimum atomic E-state index is -0.0336. The summed E-state index contributed by atoms with van der Waals surface area (Å²) in [6.45, 7) is 0.178. The molecule has 76 valence electrons. The van der Waals surface area contributed by atoms with E-state index in [0.29, 0.717) is 0 Å². The second kappa shape index (κ2) is 5.50. The molecule has 1 aliphatic carbocycles. The molecule has 4 heteroatoms. The van der Waals surface area contributed by atoms with Crippen molar-refractivity contribution in [2.45, 2.75) is 31.7 Å². The van der Waals surface area contributed by atoms with Gasteiger partial charge in [0.05, 0.1) is 5.75 Å². The lowest BCUT2D eigenvalue weighted by atomic mass is 9.85. The molecule has 1 rings (SSSR count). The topological polar surface area (TPSA) is 49.3 Å². The van der Waals surface area contributed by atoms with Gasteiger partial charge in [-0.25, -0.2) is 0 Å². The Labute approximate surface area is 84.3 Å². The van der Waals surface area contributed by atoms with Crippen LogP contribution in [0.4, 0.5) is 0 Å². The molecule has 3 nitrogen and oxygen atoms in total. The van der Waals surface area contributed by atoms with E-state index in [1.165, 1.54) is 6.42 Å². The first kappa shape index (κ1) is 10.9. The molecule has 0 heterocycles. The monoisotopic (exact) mass is 203 g/mol. The molecule has 0 aromatic carbocycles. The Hall–Kier alpha value is -0.220. The van der Waals surface area contributed by atoms with Crippen molar-refractivity contribution in [3.05, 3.63) is 0 Å². The molecular weight excluding hydrogens is 186 g/mol. The zero-order chi connectivity index (χ0) is 9.68. The van der Waals surface area contributed by atoms with Crippen LogP contribution in [0.5, 0.6) is 0 Å². The summed E-state index contributed by atoms with van der Waals surface area (Å²) < 4.78 is 0. The third kappa shape index (κ3) is 3.19. The number of carbonyl (C=O) groups excluding carboxylic acids is 1. The SMILES string of the molecule is O=C(CS)NC1CCCCC1CO. The predicted molar refractivity (Wildman–Crippen MR) is 54.8 cm³/mol. The summed E-state index contributed by atoms with van der Waals surface area (Å²) in [5.74, 6) is 0.445. The van der Waals surface area contributed by atoms with E-state index in [1.54, 1.807) is 0 Å². The number of hydrogen-bond donors (Lipinski definition) is 3. The zero-order valence-corrected chi connectivity index (χ0v) is 8.59. The van der Waals surface area contributed by atoms with E-state index in [4.69, 9.17) is 5.11 Å². The molecule has 0 bridgehead atoms. The second-order valence-corrected chi connectivity index (χ2v) is 3.88. The van der Waals surface area contributed by atoms with Crippen LogP contribution in [0.2, 0.25) is 0 Å². The molecule has 2 unspecified atom stereocenters. The first-order valence-corrected chi connectivity index (χ1v) is 5.42. The number of rotatable bonds is 3. The molecule has 0 aliphatic heterocycles. The van der Waals surface area contributed by atoms with Crippen LogP contribution in [0.25, 0.3) is 0 Å². The van der Waals surface area contributed by atoms with Crippen molar-refractivity contribution < 1.29 is 9.90 Å². The highest BCUT2D eigenvalue weighted by atomic mass is 32.1. The molecule has 0 radical (unpaired) electrons. The Kier molecular flexibility index (Phi) is 4.59. The third-order valence-corrected chi connectivity index (χ3v) is 2.92. The zero-order valence-electron chi connectivity index (χ0n) is 7.70. The van der Waals surface area contributed by atoms with Gasteiger partial charge < -0.3 is 10.4 Å². The fraction of sp³-hybridized carbons (Fsp3) is 0.889. The van der Waals surface area contributed by atoms with Gasteiger partial charge in [-0.2, -0.15) is 12.6 Å². The van der Waals surface area contributed by atoms with E-state index >= 15 is 0 Å². The fourth-order valence-corrected chi connectivity index (χ4v) is 1.96. The molecule has 0 spiro atoms. The summed E-state index contributed by atoms with van der Waals surface area (Å²) >= 11 is 3.90. The van der Waals surface area contributed by atoms with Crippen molar-refractivity contribution in [1.29, 1.82) is 0 Å². The molecule has 1 saturated carbocycles. The van der Waals surface area contributed by atoms with E-state index in [1.807, 2.05) is 0 Å². The highest BCUT2D eigenvalue weighted by Gasteiger charge is 2.25. The highest BCUT2D eigenvalue weighted by molar-refractivity contribution is 7.81. The van der Waals surface area contributed by atoms with Gasteiger partial charge in [0.15, 0.2) is 0 Å². The van der Waals surface area contributed by atoms with Gasteiger partial charge >= 0.3 is 0 Å². The Bertz CT molecular complexity index is 175. The maximum Gasteiger partial charge on any atom is 0.229 e. The number of aliphatic hydroxyl groups is 1. The lowest BCUT2D eigenvalue weighted by Gasteiger charge is -2.30. The Morgan fingerprint density at radius 2 is 2.15 bits per heavy atom. The first-order chi connectivity index (χ1) is 6.27. The van der Waals surface area contributed by atoms with Gasteiger partial charge in [0.1, 0.15) is 0 Å². The molecule has 13 heavy (non-hydrogen) atoms. The summed E-state index contributed by atoms with van der Waals surface area (Å²) in [6.07, 6.45) is 4.32. The molecular formula is C9H17NO2S. The van der Waals surface area contributed by atoms with Gasteiger partial charge in [-0.1, -0.05) is 12.8 Å². The predicted octanol–water partition coefficient (Wildman–Crippen LogP) is 0.583. The summed E-state index contributed by atoms with van der Waals surface area (Å²) in [5.41, 5.74) is 0. The Morgan fingerprint density at radius 3 is 2.77 bits per heavy atom. The Balaban J connectivity index is 2.40. The van der Waals surface area contributed by atoms with Crippen molar-refractivity contribution in [1.82, 2.24) is 5.32 Å². The lowest BCUT2D eigenvalue weighted by Crippen LogP contribution is -2.43. The van der Waals surface area contributed by atoms with E-state index in [0.717, 1.165) is 19.3 Å². The van der Waals surface area contributed by atoms with Crippen molar-refractivity contribution >= 4 is 18.5 Å². The van der Waals surface area contributed by atoms with Crippen LogP contribution < -0.4 is 5.32 Å². The van der Waals surface area contributed by atoms with E-state index < -0.39 is 0 Å². The average Bonchev–Trinajstić information content (AvgIpc) is 2.18. The number of hydrogen-bond acceptors (Lipinski definition) is 3. The number of aliphatic hydroxyl groups excluding tert-OH is 1. The molecule has 0 aromatic rings. The van der Waals surface area contributed by atoms with E-state index in [9.17, 15) is 4.79 Å². The van der Waals surface area contributed by atoms with Crippen molar-refractivity contribution in [3.63, 3.8) is 0 Å². The number of amides is 1. The molecule has 0 aromatic heterocycles. The van der Waals surface area contributed by atoms with Crippen LogP contribution in [0.15, 0.2) is 0 Å². The van der Waals surface area contributed by atoms with Crippen molar-refractivity contribution in [2.75, 3.05) is 12.4 Å². The molecule has 1 aliphatic rings. The lowest BCUT2D eigenvalue weighted by molar-refractivity contribution is -0.119. The highest BCUT2D eigenvalue weighted by Crippen LogP contribution is 2.23. The maximum absolute atomic E-state index is 11.1. The summed E-state index contributed by atoms with van der Waals surface area (Å²) in [6, 6.07) is 0.165. The standard InChI is InChI=1S/C9H17NO2S/c11-5-7-3-1-2-4-8(7)10-9(12)6-13/h7-8,11,13H,1-6H2,(H,10,12). The largest absolute Gasteiger partial charge is 0.396 e. The van der Waals surface area contributed by atoms with Crippen molar-refractivity contribution in [3.8, 4) is 0 Å². The van der Waals surface area contributed by atoms with Gasteiger partial charge in [0.25, 0.3) is 0 Å². The summed E-state index contributed by atoms with van der Waals surface area (Å²) in [7, 11) is 0. The minimum absolute atomic E-state index is 0.0336. The van der Waals surface area contributed by atoms with Crippen LogP contribution in [0.3, 0.4) is 0 Å². The molecule has 1 fully saturated rings. The smallest absolute Gasteiger partial charge is 0.229 e. The minimum Gasteiger partial charge on any atom is -0.396 e. The van der Waals surface area contributed by atoms with Crippen LogP contribution >= 0.6 is 12.6 Å². The quantitative estimate of drug-likeness (QED) is 0.588.